The maximum Gasteiger partial charge on any atom is 0.315 e. The summed E-state index contributed by atoms with van der Waals surface area (Å²) in [5.74, 6) is -0.807. The van der Waals surface area contributed by atoms with Gasteiger partial charge in [-0.2, -0.15) is 0 Å². The lowest BCUT2D eigenvalue weighted by Gasteiger charge is -2.15. The first-order valence-electron chi connectivity index (χ1n) is 6.92. The molecule has 1 N–H and O–H groups in total. The third-order valence-electron chi connectivity index (χ3n) is 3.12. The summed E-state index contributed by atoms with van der Waals surface area (Å²) in [5, 5.41) is 14.9. The van der Waals surface area contributed by atoms with Crippen LogP contribution in [0, 0.1) is 16.0 Å². The van der Waals surface area contributed by atoms with Crippen LogP contribution in [-0.2, 0) is 15.9 Å². The van der Waals surface area contributed by atoms with E-state index in [4.69, 9.17) is 0 Å². The van der Waals surface area contributed by atoms with Crippen molar-refractivity contribution in [3.63, 3.8) is 0 Å². The number of nitrogens with zero attached hydrogens (tertiary/aromatic N) is 2. The zero-order chi connectivity index (χ0) is 17.2. The number of hydrogen-bond acceptors (Lipinski definition) is 7. The molecule has 9 heteroatoms. The van der Waals surface area contributed by atoms with Gasteiger partial charge in [0.25, 0.3) is 0 Å². The van der Waals surface area contributed by atoms with E-state index in [1.807, 2.05) is 13.8 Å². The Balaban J connectivity index is 2.74. The molecule has 0 atom stereocenters. The number of hydrogen-bond donors (Lipinski definition) is 1. The van der Waals surface area contributed by atoms with Gasteiger partial charge in [0.15, 0.2) is 0 Å². The van der Waals surface area contributed by atoms with E-state index in [2.05, 4.69) is 10.3 Å². The Bertz CT molecular complexity index is 849. The average Bonchev–Trinajstić information content (AvgIpc) is 2.42. The topological polar surface area (TPSA) is 125 Å². The molecular formula is C14H16N3O5S-. The second-order valence-electron chi connectivity index (χ2n) is 5.53. The van der Waals surface area contributed by atoms with Crippen molar-refractivity contribution >= 4 is 32.4 Å². The van der Waals surface area contributed by atoms with E-state index in [1.54, 1.807) is 24.3 Å². The van der Waals surface area contributed by atoms with Crippen LogP contribution in [-0.4, -0.2) is 29.4 Å². The predicted molar refractivity (Wildman–Crippen MR) is 85.1 cm³/mol. The zero-order valence-corrected chi connectivity index (χ0v) is 13.5. The molecule has 0 saturated heterocycles. The molecule has 0 radical (unpaired) electrons. The fourth-order valence-corrected chi connectivity index (χ4v) is 2.74. The van der Waals surface area contributed by atoms with Crippen molar-refractivity contribution in [2.24, 2.45) is 5.92 Å². The van der Waals surface area contributed by atoms with Gasteiger partial charge in [0, 0.05) is 11.9 Å². The van der Waals surface area contributed by atoms with Gasteiger partial charge < -0.3 is 9.87 Å². The fraction of sp³-hybridized carbons (Fsp3) is 0.357. The molecule has 0 aliphatic heterocycles. The quantitative estimate of drug-likeness (QED) is 0.486. The number of nitro groups is 1. The number of para-hydroxylation sites is 1. The van der Waals surface area contributed by atoms with Gasteiger partial charge in [0.05, 0.1) is 16.2 Å². The summed E-state index contributed by atoms with van der Waals surface area (Å²) in [5.41, 5.74) is -0.241. The lowest BCUT2D eigenvalue weighted by Crippen LogP contribution is -2.13. The number of aromatic nitrogens is 1. The van der Waals surface area contributed by atoms with E-state index in [-0.39, 0.29) is 17.3 Å². The van der Waals surface area contributed by atoms with Crippen LogP contribution >= 0.6 is 0 Å². The predicted octanol–water partition coefficient (Wildman–Crippen LogP) is 2.26. The molecule has 0 saturated carbocycles. The van der Waals surface area contributed by atoms with Gasteiger partial charge in [0.2, 0.25) is 0 Å². The van der Waals surface area contributed by atoms with Crippen LogP contribution in [0.5, 0.6) is 0 Å². The second-order valence-corrected chi connectivity index (χ2v) is 6.94. The second kappa shape index (κ2) is 6.47. The maximum atomic E-state index is 11.4. The van der Waals surface area contributed by atoms with E-state index in [0.29, 0.717) is 17.4 Å². The number of pyridine rings is 1. The van der Waals surface area contributed by atoms with Crippen molar-refractivity contribution in [1.29, 1.82) is 0 Å². The molecule has 124 valence electrons. The molecule has 2 aromatic rings. The largest absolute Gasteiger partial charge is 0.748 e. The van der Waals surface area contributed by atoms with Gasteiger partial charge in [-0.3, -0.25) is 10.1 Å². The summed E-state index contributed by atoms with van der Waals surface area (Å²) in [6.07, 6.45) is 0. The van der Waals surface area contributed by atoms with Crippen LogP contribution in [0.2, 0.25) is 0 Å². The number of nitrogens with one attached hydrogen (secondary N) is 1. The summed E-state index contributed by atoms with van der Waals surface area (Å²) in [6, 6.07) is 6.66. The molecule has 0 spiro atoms. The van der Waals surface area contributed by atoms with Crippen molar-refractivity contribution in [3.8, 4) is 0 Å². The van der Waals surface area contributed by atoms with Crippen LogP contribution in [0.3, 0.4) is 0 Å². The third-order valence-corrected chi connectivity index (χ3v) is 3.75. The normalized spacial score (nSPS) is 11.8. The molecule has 0 unspecified atom stereocenters. The Morgan fingerprint density at radius 2 is 1.96 bits per heavy atom. The van der Waals surface area contributed by atoms with E-state index >= 15 is 0 Å². The number of fused-ring (bicyclic) bond motifs is 1. The van der Waals surface area contributed by atoms with Crippen LogP contribution in [0.25, 0.3) is 10.9 Å². The van der Waals surface area contributed by atoms with Crippen molar-refractivity contribution in [2.45, 2.75) is 19.6 Å². The molecular weight excluding hydrogens is 322 g/mol. The zero-order valence-electron chi connectivity index (χ0n) is 12.6. The molecule has 1 aromatic carbocycles. The number of benzene rings is 1. The molecule has 0 fully saturated rings. The van der Waals surface area contributed by atoms with Gasteiger partial charge in [-0.25, -0.2) is 13.4 Å². The van der Waals surface area contributed by atoms with E-state index in [1.165, 1.54) is 0 Å². The smallest absolute Gasteiger partial charge is 0.315 e. The molecule has 1 heterocycles. The maximum absolute atomic E-state index is 11.4. The fourth-order valence-electron chi connectivity index (χ4n) is 2.20. The molecule has 2 rings (SSSR count). The highest BCUT2D eigenvalue weighted by Crippen LogP contribution is 2.35. The van der Waals surface area contributed by atoms with Gasteiger partial charge in [-0.15, -0.1) is 0 Å². The standard InChI is InChI=1S/C14H17N3O5S/c1-9(2)7-15-13-10-5-3-4-6-11(10)16-12(8-23(20,21)22)14(13)17(18)19/h3-6,9H,7-8H2,1-2H3,(H,15,16)(H,20,21,22)/p-1. The molecule has 0 aliphatic carbocycles. The van der Waals surface area contributed by atoms with Crippen molar-refractivity contribution in [1.82, 2.24) is 4.98 Å². The van der Waals surface area contributed by atoms with Gasteiger partial charge in [-0.1, -0.05) is 32.0 Å². The third kappa shape index (κ3) is 4.14. The Morgan fingerprint density at radius 3 is 2.52 bits per heavy atom. The van der Waals surface area contributed by atoms with Crippen LogP contribution in [0.15, 0.2) is 24.3 Å². The van der Waals surface area contributed by atoms with E-state index in [9.17, 15) is 23.1 Å². The molecule has 0 amide bonds. The lowest BCUT2D eigenvalue weighted by atomic mass is 10.1. The van der Waals surface area contributed by atoms with Crippen molar-refractivity contribution < 1.29 is 17.9 Å². The highest BCUT2D eigenvalue weighted by molar-refractivity contribution is 7.84. The Hall–Kier alpha value is -2.26. The molecule has 0 bridgehead atoms. The van der Waals surface area contributed by atoms with Gasteiger partial charge in [-0.05, 0) is 12.0 Å². The Labute approximate surface area is 133 Å². The summed E-state index contributed by atoms with van der Waals surface area (Å²) < 4.78 is 33.2. The highest BCUT2D eigenvalue weighted by atomic mass is 32.2. The minimum absolute atomic E-state index is 0.188. The van der Waals surface area contributed by atoms with Crippen LogP contribution in [0.4, 0.5) is 11.4 Å². The van der Waals surface area contributed by atoms with Gasteiger partial charge in [0.1, 0.15) is 21.5 Å². The van der Waals surface area contributed by atoms with Gasteiger partial charge >= 0.3 is 5.69 Å². The number of anilines is 1. The lowest BCUT2D eigenvalue weighted by molar-refractivity contribution is -0.384. The van der Waals surface area contributed by atoms with Crippen LogP contribution < -0.4 is 5.32 Å². The Morgan fingerprint density at radius 1 is 1.30 bits per heavy atom. The minimum Gasteiger partial charge on any atom is -0.748 e. The summed E-state index contributed by atoms with van der Waals surface area (Å²) in [7, 11) is -4.69. The highest BCUT2D eigenvalue weighted by Gasteiger charge is 2.25. The van der Waals surface area contributed by atoms with Crippen molar-refractivity contribution in [3.05, 3.63) is 40.1 Å². The molecule has 0 aliphatic rings. The first-order valence-corrected chi connectivity index (χ1v) is 8.50. The molecule has 1 aromatic heterocycles. The summed E-state index contributed by atoms with van der Waals surface area (Å²) in [4.78, 5) is 14.7. The van der Waals surface area contributed by atoms with Crippen LogP contribution in [0.1, 0.15) is 19.5 Å². The molecule has 23 heavy (non-hydrogen) atoms. The number of rotatable bonds is 6. The first-order chi connectivity index (χ1) is 10.7. The summed E-state index contributed by atoms with van der Waals surface area (Å²) in [6.45, 7) is 4.33. The summed E-state index contributed by atoms with van der Waals surface area (Å²) >= 11 is 0. The molecule has 8 nitrogen and oxygen atoms in total. The monoisotopic (exact) mass is 338 g/mol. The first kappa shape index (κ1) is 17.1. The van der Waals surface area contributed by atoms with E-state index in [0.717, 1.165) is 0 Å². The Kier molecular flexibility index (Phi) is 4.81. The minimum atomic E-state index is -4.69. The van der Waals surface area contributed by atoms with E-state index < -0.39 is 26.5 Å². The van der Waals surface area contributed by atoms with Crippen molar-refractivity contribution in [2.75, 3.05) is 11.9 Å². The average molecular weight is 338 g/mol. The SMILES string of the molecule is CC(C)CNc1c([N+](=O)[O-])c(CS(=O)(=O)[O-])nc2ccccc12.